The zero-order valence-electron chi connectivity index (χ0n) is 23.4. The number of amides is 2. The van der Waals surface area contributed by atoms with E-state index >= 15 is 0 Å². The van der Waals surface area contributed by atoms with Crippen LogP contribution in [0.2, 0.25) is 0 Å². The van der Waals surface area contributed by atoms with Crippen molar-refractivity contribution in [2.75, 3.05) is 39.3 Å². The highest BCUT2D eigenvalue weighted by molar-refractivity contribution is 6.27. The molecular formula is C26H46N4O8. The lowest BCUT2D eigenvalue weighted by molar-refractivity contribution is -0.159. The van der Waals surface area contributed by atoms with Crippen LogP contribution < -0.4 is 10.6 Å². The van der Waals surface area contributed by atoms with Crippen LogP contribution in [0.3, 0.4) is 0 Å². The summed E-state index contributed by atoms with van der Waals surface area (Å²) in [5.41, 5.74) is 0.0431. The van der Waals surface area contributed by atoms with Crippen LogP contribution in [-0.4, -0.2) is 106 Å². The van der Waals surface area contributed by atoms with Crippen LogP contribution in [0.5, 0.6) is 0 Å². The van der Waals surface area contributed by atoms with Gasteiger partial charge in [0.1, 0.15) is 0 Å². The van der Waals surface area contributed by atoms with Crippen LogP contribution >= 0.6 is 0 Å². The number of rotatable bonds is 0. The molecule has 0 aromatic carbocycles. The number of likely N-dealkylation sites (tertiary alicyclic amines) is 2. The first kappa shape index (κ1) is 31.6. The molecule has 4 aliphatic rings. The van der Waals surface area contributed by atoms with Crippen LogP contribution in [0.4, 0.5) is 9.59 Å². The van der Waals surface area contributed by atoms with Crippen molar-refractivity contribution in [3.63, 3.8) is 0 Å². The fourth-order valence-corrected chi connectivity index (χ4v) is 6.88. The van der Waals surface area contributed by atoms with Crippen LogP contribution in [0.25, 0.3) is 0 Å². The molecule has 218 valence electrons. The third-order valence-corrected chi connectivity index (χ3v) is 8.20. The highest BCUT2D eigenvalue weighted by Gasteiger charge is 2.48. The van der Waals surface area contributed by atoms with E-state index in [9.17, 15) is 19.8 Å². The molecule has 0 aliphatic carbocycles. The highest BCUT2D eigenvalue weighted by atomic mass is 16.4. The number of aliphatic carboxylic acids is 2. The molecular weight excluding hydrogens is 496 g/mol. The number of hydrogen-bond acceptors (Lipinski definition) is 6. The van der Waals surface area contributed by atoms with E-state index in [1.807, 2.05) is 0 Å². The summed E-state index contributed by atoms with van der Waals surface area (Å²) in [6, 6.07) is 0.303. The molecule has 38 heavy (non-hydrogen) atoms. The van der Waals surface area contributed by atoms with Crippen molar-refractivity contribution in [2.24, 2.45) is 34.5 Å². The number of fused-ring (bicyclic) bond motifs is 2. The number of carboxylic acids is 2. The summed E-state index contributed by atoms with van der Waals surface area (Å²) in [6.07, 6.45) is 0.503. The normalized spacial score (nSPS) is 30.6. The minimum Gasteiger partial charge on any atom is -0.473 e. The lowest BCUT2D eigenvalue weighted by Gasteiger charge is -2.47. The smallest absolute Gasteiger partial charge is 0.414 e. The van der Waals surface area contributed by atoms with E-state index in [4.69, 9.17) is 19.8 Å². The lowest BCUT2D eigenvalue weighted by Crippen LogP contribution is -2.56. The molecule has 0 aromatic heterocycles. The summed E-state index contributed by atoms with van der Waals surface area (Å²) >= 11 is 0. The van der Waals surface area contributed by atoms with E-state index in [2.05, 4.69) is 52.2 Å². The number of nitrogens with one attached hydrogen (secondary N) is 2. The van der Waals surface area contributed by atoms with Gasteiger partial charge in [-0.1, -0.05) is 41.5 Å². The van der Waals surface area contributed by atoms with Gasteiger partial charge in [-0.3, -0.25) is 0 Å². The van der Waals surface area contributed by atoms with Crippen molar-refractivity contribution in [2.45, 2.75) is 66.5 Å². The summed E-state index contributed by atoms with van der Waals surface area (Å²) in [6.45, 7) is 18.3. The molecule has 4 heterocycles. The molecule has 12 nitrogen and oxygen atoms in total. The molecule has 4 aliphatic heterocycles. The van der Waals surface area contributed by atoms with Gasteiger partial charge in [-0.05, 0) is 60.4 Å². The van der Waals surface area contributed by atoms with Crippen molar-refractivity contribution >= 4 is 24.1 Å². The van der Waals surface area contributed by atoms with E-state index in [1.165, 1.54) is 0 Å². The Balaban J connectivity index is 0.000000221. The van der Waals surface area contributed by atoms with E-state index in [1.54, 1.807) is 9.80 Å². The molecule has 0 spiro atoms. The fraction of sp³-hybridized carbons (Fsp3) is 0.846. The van der Waals surface area contributed by atoms with Gasteiger partial charge in [-0.2, -0.15) is 0 Å². The highest BCUT2D eigenvalue weighted by Crippen LogP contribution is 2.41. The first-order valence-electron chi connectivity index (χ1n) is 13.3. The lowest BCUT2D eigenvalue weighted by atomic mass is 9.71. The molecule has 12 heteroatoms. The predicted octanol–water partition coefficient (Wildman–Crippen LogP) is 2.40. The van der Waals surface area contributed by atoms with Crippen LogP contribution in [0, 0.1) is 34.5 Å². The standard InChI is InChI=1S/2C12H22N2O2.C2H2O4/c2*1-12(2,3)10-9-7-13-6-8(9)4-5-14(10)11(15)16;3-1(4)2(5)6/h2*8-10,13H,4-7H2,1-3H3,(H,15,16);(H,3,4)(H,5,6). The van der Waals surface area contributed by atoms with Gasteiger partial charge >= 0.3 is 24.1 Å². The maximum atomic E-state index is 11.3. The third kappa shape index (κ3) is 7.72. The zero-order valence-corrected chi connectivity index (χ0v) is 23.4. The summed E-state index contributed by atoms with van der Waals surface area (Å²) < 4.78 is 0. The minimum atomic E-state index is -1.82. The Morgan fingerprint density at radius 1 is 0.605 bits per heavy atom. The first-order chi connectivity index (χ1) is 17.5. The molecule has 4 fully saturated rings. The molecule has 4 rings (SSSR count). The Kier molecular flexibility index (Phi) is 10.4. The molecule has 6 N–H and O–H groups in total. The van der Waals surface area contributed by atoms with Crippen LogP contribution in [0.15, 0.2) is 0 Å². The fourth-order valence-electron chi connectivity index (χ4n) is 6.88. The van der Waals surface area contributed by atoms with Gasteiger partial charge in [0.25, 0.3) is 0 Å². The van der Waals surface area contributed by atoms with E-state index in [0.717, 1.165) is 39.0 Å². The molecule has 0 aromatic rings. The Morgan fingerprint density at radius 3 is 1.16 bits per heavy atom. The first-order valence-corrected chi connectivity index (χ1v) is 13.3. The Hall–Kier alpha value is -2.60. The van der Waals surface area contributed by atoms with Gasteiger partial charge in [0.05, 0.1) is 0 Å². The van der Waals surface area contributed by atoms with E-state index in [0.29, 0.717) is 36.8 Å². The van der Waals surface area contributed by atoms with Gasteiger partial charge in [-0.15, -0.1) is 0 Å². The molecule has 4 saturated heterocycles. The second kappa shape index (κ2) is 12.5. The number of carboxylic acid groups (broad SMARTS) is 4. The predicted molar refractivity (Wildman–Crippen MR) is 140 cm³/mol. The number of piperidine rings is 2. The molecule has 6 atom stereocenters. The monoisotopic (exact) mass is 542 g/mol. The SMILES string of the molecule is CC(C)(C)C1C2CNCC2CCN1C(=O)O.CC(C)(C)C1C2CNCC2CCN1C(=O)O.O=C(O)C(=O)O. The average Bonchev–Trinajstić information content (AvgIpc) is 3.46. The summed E-state index contributed by atoms with van der Waals surface area (Å²) in [4.78, 5) is 44.1. The minimum absolute atomic E-state index is 0.0216. The number of carbonyl (C=O) groups is 4. The van der Waals surface area contributed by atoms with Gasteiger partial charge in [0.2, 0.25) is 0 Å². The summed E-state index contributed by atoms with van der Waals surface area (Å²) in [7, 11) is 0. The van der Waals surface area contributed by atoms with Crippen molar-refractivity contribution in [1.29, 1.82) is 0 Å². The Labute approximate surface area is 224 Å². The second-order valence-electron chi connectivity index (χ2n) is 12.9. The average molecular weight is 543 g/mol. The van der Waals surface area contributed by atoms with Gasteiger partial charge in [-0.25, -0.2) is 19.2 Å². The van der Waals surface area contributed by atoms with Crippen LogP contribution in [0.1, 0.15) is 54.4 Å². The zero-order chi connectivity index (χ0) is 29.0. The quantitative estimate of drug-likeness (QED) is 0.249. The summed E-state index contributed by atoms with van der Waals surface area (Å²) in [5.74, 6) is -1.33. The van der Waals surface area contributed by atoms with E-state index < -0.39 is 24.1 Å². The largest absolute Gasteiger partial charge is 0.473 e. The van der Waals surface area contributed by atoms with Crippen molar-refractivity contribution in [3.8, 4) is 0 Å². The number of hydrogen-bond donors (Lipinski definition) is 6. The van der Waals surface area contributed by atoms with Crippen molar-refractivity contribution in [1.82, 2.24) is 20.4 Å². The molecule has 6 unspecified atom stereocenters. The molecule has 0 bridgehead atoms. The topological polar surface area (TPSA) is 180 Å². The third-order valence-electron chi connectivity index (χ3n) is 8.20. The number of nitrogens with zero attached hydrogens (tertiary/aromatic N) is 2. The molecule has 0 saturated carbocycles. The molecule has 2 amide bonds. The van der Waals surface area contributed by atoms with Crippen LogP contribution in [-0.2, 0) is 9.59 Å². The molecule has 0 radical (unpaired) electrons. The van der Waals surface area contributed by atoms with Gasteiger partial charge in [0.15, 0.2) is 0 Å². The van der Waals surface area contributed by atoms with Gasteiger partial charge < -0.3 is 40.9 Å². The second-order valence-corrected chi connectivity index (χ2v) is 12.9. The van der Waals surface area contributed by atoms with Gasteiger partial charge in [0, 0.05) is 38.3 Å². The van der Waals surface area contributed by atoms with Crippen molar-refractivity contribution < 1.29 is 39.6 Å². The summed E-state index contributed by atoms with van der Waals surface area (Å²) in [5, 5.41) is 40.2. The Morgan fingerprint density at radius 2 is 0.921 bits per heavy atom. The Bertz CT molecular complexity index is 798. The van der Waals surface area contributed by atoms with Crippen molar-refractivity contribution in [3.05, 3.63) is 0 Å². The maximum Gasteiger partial charge on any atom is 0.414 e. The maximum absolute atomic E-state index is 11.3. The van der Waals surface area contributed by atoms with E-state index in [-0.39, 0.29) is 22.9 Å².